The normalized spacial score (nSPS) is 37.7. The first-order valence-corrected chi connectivity index (χ1v) is 7.68. The molecule has 1 aliphatic heterocycles. The number of hydrogen-bond acceptors (Lipinski definition) is 2. The van der Waals surface area contributed by atoms with Crippen LogP contribution in [0.15, 0.2) is 0 Å². The second-order valence-electron chi connectivity index (χ2n) is 5.78. The van der Waals surface area contributed by atoms with Crippen LogP contribution in [0.25, 0.3) is 0 Å². The Bertz CT molecular complexity index is 246. The lowest BCUT2D eigenvalue weighted by atomic mass is 9.83. The molecule has 2 fully saturated rings. The summed E-state index contributed by atoms with van der Waals surface area (Å²) in [6.45, 7) is 4.36. The summed E-state index contributed by atoms with van der Waals surface area (Å²) < 4.78 is 11.8. The van der Waals surface area contributed by atoms with Gasteiger partial charge in [-0.25, -0.2) is 0 Å². The minimum absolute atomic E-state index is 0.0746. The summed E-state index contributed by atoms with van der Waals surface area (Å²) in [6, 6.07) is 0.509. The van der Waals surface area contributed by atoms with E-state index in [-0.39, 0.29) is 5.54 Å². The van der Waals surface area contributed by atoms with Gasteiger partial charge in [-0.3, -0.25) is 4.21 Å². The van der Waals surface area contributed by atoms with Crippen molar-refractivity contribution in [3.63, 3.8) is 0 Å². The van der Waals surface area contributed by atoms with Crippen molar-refractivity contribution in [2.24, 2.45) is 5.92 Å². The zero-order valence-electron chi connectivity index (χ0n) is 9.92. The van der Waals surface area contributed by atoms with Gasteiger partial charge >= 0.3 is 0 Å². The molecule has 15 heavy (non-hydrogen) atoms. The van der Waals surface area contributed by atoms with Gasteiger partial charge in [0.05, 0.1) is 0 Å². The monoisotopic (exact) mass is 229 g/mol. The Hall–Kier alpha value is 0.110. The molecule has 0 bridgehead atoms. The lowest BCUT2D eigenvalue weighted by molar-refractivity contribution is 0.237. The van der Waals surface area contributed by atoms with Gasteiger partial charge in [-0.2, -0.15) is 0 Å². The van der Waals surface area contributed by atoms with Crippen LogP contribution in [-0.2, 0) is 10.8 Å². The second kappa shape index (κ2) is 4.54. The largest absolute Gasteiger partial charge is 0.307 e. The molecule has 0 spiro atoms. The summed E-state index contributed by atoms with van der Waals surface area (Å²) in [5.41, 5.74) is 0.0746. The zero-order chi connectivity index (χ0) is 10.9. The molecule has 1 N–H and O–H groups in total. The highest BCUT2D eigenvalue weighted by Gasteiger charge is 2.35. The maximum absolute atomic E-state index is 11.8. The van der Waals surface area contributed by atoms with Gasteiger partial charge in [-0.05, 0) is 32.6 Å². The highest BCUT2D eigenvalue weighted by atomic mass is 32.2. The van der Waals surface area contributed by atoms with E-state index in [1.165, 1.54) is 32.1 Å². The smallest absolute Gasteiger partial charge is 0.0412 e. The lowest BCUT2D eigenvalue weighted by Gasteiger charge is -2.41. The van der Waals surface area contributed by atoms with Crippen molar-refractivity contribution in [1.29, 1.82) is 0 Å². The van der Waals surface area contributed by atoms with Gasteiger partial charge in [0.2, 0.25) is 0 Å². The van der Waals surface area contributed by atoms with E-state index in [4.69, 9.17) is 0 Å². The Balaban J connectivity index is 1.98. The van der Waals surface area contributed by atoms with Crippen LogP contribution in [-0.4, -0.2) is 27.3 Å². The van der Waals surface area contributed by atoms with Crippen molar-refractivity contribution >= 4 is 10.8 Å². The van der Waals surface area contributed by atoms with Gasteiger partial charge in [-0.1, -0.05) is 19.3 Å². The Morgan fingerprint density at radius 3 is 2.47 bits per heavy atom. The average Bonchev–Trinajstić information content (AvgIpc) is 2.16. The van der Waals surface area contributed by atoms with E-state index >= 15 is 0 Å². The van der Waals surface area contributed by atoms with Gasteiger partial charge in [0.25, 0.3) is 0 Å². The Morgan fingerprint density at radius 2 is 1.87 bits per heavy atom. The quantitative estimate of drug-likeness (QED) is 0.746. The third-order valence-corrected chi connectivity index (χ3v) is 5.46. The van der Waals surface area contributed by atoms with Gasteiger partial charge in [0, 0.05) is 33.9 Å². The predicted octanol–water partition coefficient (Wildman–Crippen LogP) is 2.07. The lowest BCUT2D eigenvalue weighted by Crippen LogP contribution is -2.59. The molecule has 1 saturated heterocycles. The molecule has 2 nitrogen and oxygen atoms in total. The highest BCUT2D eigenvalue weighted by molar-refractivity contribution is 7.85. The van der Waals surface area contributed by atoms with Gasteiger partial charge in [0.15, 0.2) is 0 Å². The van der Waals surface area contributed by atoms with Crippen molar-refractivity contribution < 1.29 is 4.21 Å². The van der Waals surface area contributed by atoms with E-state index in [0.29, 0.717) is 6.04 Å². The van der Waals surface area contributed by atoms with E-state index < -0.39 is 10.8 Å². The van der Waals surface area contributed by atoms with Crippen LogP contribution in [0.1, 0.15) is 46.0 Å². The van der Waals surface area contributed by atoms with Gasteiger partial charge < -0.3 is 5.32 Å². The van der Waals surface area contributed by atoms with Crippen LogP contribution in [0.4, 0.5) is 0 Å². The Kier molecular flexibility index (Phi) is 3.51. The molecule has 0 aromatic heterocycles. The molecule has 0 aromatic carbocycles. The van der Waals surface area contributed by atoms with Gasteiger partial charge in [-0.15, -0.1) is 0 Å². The minimum atomic E-state index is -0.604. The fourth-order valence-corrected chi connectivity index (χ4v) is 4.80. The molecule has 2 aliphatic rings. The van der Waals surface area contributed by atoms with Crippen LogP contribution < -0.4 is 5.32 Å². The molecule has 2 unspecified atom stereocenters. The Morgan fingerprint density at radius 1 is 1.20 bits per heavy atom. The molecule has 0 radical (unpaired) electrons. The second-order valence-corrected chi connectivity index (χ2v) is 7.29. The number of rotatable bonds is 1. The van der Waals surface area contributed by atoms with Crippen LogP contribution in [0, 0.1) is 5.92 Å². The first-order valence-electron chi connectivity index (χ1n) is 6.19. The van der Waals surface area contributed by atoms with Crippen LogP contribution in [0.5, 0.6) is 0 Å². The summed E-state index contributed by atoms with van der Waals surface area (Å²) in [6.07, 6.45) is 6.82. The topological polar surface area (TPSA) is 29.1 Å². The molecular weight excluding hydrogens is 206 g/mol. The first-order chi connectivity index (χ1) is 7.07. The fourth-order valence-electron chi connectivity index (χ4n) is 3.04. The van der Waals surface area contributed by atoms with Crippen molar-refractivity contribution in [3.8, 4) is 0 Å². The van der Waals surface area contributed by atoms with Crippen LogP contribution >= 0.6 is 0 Å². The summed E-state index contributed by atoms with van der Waals surface area (Å²) in [4.78, 5) is 0. The maximum Gasteiger partial charge on any atom is 0.0412 e. The van der Waals surface area contributed by atoms with E-state index in [9.17, 15) is 4.21 Å². The molecule has 1 saturated carbocycles. The average molecular weight is 229 g/mol. The predicted molar refractivity (Wildman–Crippen MR) is 65.5 cm³/mol. The summed E-state index contributed by atoms with van der Waals surface area (Å²) in [7, 11) is -0.604. The number of nitrogens with one attached hydrogen (secondary N) is 1. The first kappa shape index (κ1) is 11.6. The van der Waals surface area contributed by atoms with E-state index in [1.807, 2.05) is 0 Å². The summed E-state index contributed by atoms with van der Waals surface area (Å²) in [5.74, 6) is 2.48. The molecule has 2 atom stereocenters. The summed E-state index contributed by atoms with van der Waals surface area (Å²) >= 11 is 0. The third-order valence-electron chi connectivity index (χ3n) is 3.68. The van der Waals surface area contributed by atoms with Crippen molar-refractivity contribution in [1.82, 2.24) is 5.32 Å². The van der Waals surface area contributed by atoms with Crippen molar-refractivity contribution in [3.05, 3.63) is 0 Å². The van der Waals surface area contributed by atoms with E-state index in [2.05, 4.69) is 19.2 Å². The molecule has 2 rings (SSSR count). The molecule has 0 aromatic rings. The van der Waals surface area contributed by atoms with E-state index in [0.717, 1.165) is 17.4 Å². The minimum Gasteiger partial charge on any atom is -0.307 e. The SMILES string of the molecule is CC1(C)CS(=O)CC(C2CCCCC2)N1. The molecular formula is C12H23NOS. The van der Waals surface area contributed by atoms with Crippen LogP contribution in [0.2, 0.25) is 0 Å². The number of hydrogen-bond donors (Lipinski definition) is 1. The summed E-state index contributed by atoms with van der Waals surface area (Å²) in [5, 5.41) is 3.70. The zero-order valence-corrected chi connectivity index (χ0v) is 10.7. The van der Waals surface area contributed by atoms with Crippen LogP contribution in [0.3, 0.4) is 0 Å². The van der Waals surface area contributed by atoms with Crippen molar-refractivity contribution in [2.45, 2.75) is 57.5 Å². The van der Waals surface area contributed by atoms with E-state index in [1.54, 1.807) is 0 Å². The van der Waals surface area contributed by atoms with Gasteiger partial charge in [0.1, 0.15) is 0 Å². The molecule has 1 aliphatic carbocycles. The van der Waals surface area contributed by atoms with Crippen molar-refractivity contribution in [2.75, 3.05) is 11.5 Å². The Labute approximate surface area is 95.7 Å². The molecule has 1 heterocycles. The molecule has 88 valence electrons. The molecule has 3 heteroatoms. The highest BCUT2D eigenvalue weighted by Crippen LogP contribution is 2.29. The standard InChI is InChI=1S/C12H23NOS/c1-12(2)9-15(14)8-11(13-12)10-6-4-3-5-7-10/h10-11,13H,3-9H2,1-2H3. The third kappa shape index (κ3) is 3.04. The molecule has 0 amide bonds. The maximum atomic E-state index is 11.8. The fraction of sp³-hybridized carbons (Fsp3) is 1.00.